The van der Waals surface area contributed by atoms with E-state index in [2.05, 4.69) is 25.3 Å². The van der Waals surface area contributed by atoms with Crippen LogP contribution in [-0.2, 0) is 23.0 Å². The Morgan fingerprint density at radius 3 is 2.53 bits per heavy atom. The summed E-state index contributed by atoms with van der Waals surface area (Å²) >= 11 is 0. The molecule has 45 heavy (non-hydrogen) atoms. The number of pyridine rings is 1. The Morgan fingerprint density at radius 2 is 1.93 bits per heavy atom. The molecule has 0 unspecified atom stereocenters. The van der Waals surface area contributed by atoms with Gasteiger partial charge < -0.3 is 24.0 Å². The summed E-state index contributed by atoms with van der Waals surface area (Å²) in [6, 6.07) is 6.92. The molecule has 0 spiro atoms. The number of benzene rings is 2. The zero-order valence-corrected chi connectivity index (χ0v) is 27.2. The molecule has 0 saturated heterocycles. The largest absolute Gasteiger partial charge is 0.490 e. The molecule has 244 valence electrons. The Labute approximate surface area is 267 Å². The number of fused-ring (bicyclic) bond motifs is 2. The number of nitrogens with zero attached hydrogens (tertiary/aromatic N) is 2. The van der Waals surface area contributed by atoms with Crippen molar-refractivity contribution in [3.8, 4) is 16.9 Å². The molecule has 1 aliphatic rings. The van der Waals surface area contributed by atoms with Gasteiger partial charge in [-0.05, 0) is 92.7 Å². The van der Waals surface area contributed by atoms with E-state index >= 15 is 4.39 Å². The van der Waals surface area contributed by atoms with E-state index in [9.17, 15) is 14.7 Å². The number of carboxylic acid groups (broad SMARTS) is 1. The fourth-order valence-corrected chi connectivity index (χ4v) is 5.81. The number of carbonyl (C=O) groups is 1. The molecule has 0 amide bonds. The Balaban J connectivity index is 0.00000552. The van der Waals surface area contributed by atoms with E-state index in [1.165, 1.54) is 10.6 Å². The fraction of sp³-hybridized carbons (Fsp3) is 0.459. The molecule has 0 aliphatic carbocycles. The van der Waals surface area contributed by atoms with E-state index in [0.717, 1.165) is 41.6 Å². The summed E-state index contributed by atoms with van der Waals surface area (Å²) in [6.07, 6.45) is 4.69. The van der Waals surface area contributed by atoms with Crippen molar-refractivity contribution >= 4 is 22.3 Å². The number of ether oxygens (including phenoxy) is 2. The summed E-state index contributed by atoms with van der Waals surface area (Å²) in [5, 5.41) is 11.3. The number of aromatic nitrogens is 1. The lowest BCUT2D eigenvalue weighted by Crippen LogP contribution is -2.33. The van der Waals surface area contributed by atoms with Gasteiger partial charge in [0.25, 0.3) is 5.56 Å². The fourth-order valence-electron chi connectivity index (χ4n) is 5.81. The SMILES string of the molecule is C.C=C/C(=C\N(C)CCC(C)C)c1ccc2c(-c3cc(F)c4c(c3C)CCCO4)c([C@H](OC(C)(C)C)C(=O)O)n(C)c(=O)c2c1. The van der Waals surface area contributed by atoms with Gasteiger partial charge in [-0.15, -0.1) is 0 Å². The third-order valence-corrected chi connectivity index (χ3v) is 8.06. The highest BCUT2D eigenvalue weighted by molar-refractivity contribution is 6.01. The minimum absolute atomic E-state index is 0. The van der Waals surface area contributed by atoms with Gasteiger partial charge in [0.05, 0.1) is 17.9 Å². The summed E-state index contributed by atoms with van der Waals surface area (Å²) in [7, 11) is 3.56. The number of hydrogen-bond acceptors (Lipinski definition) is 5. The lowest BCUT2D eigenvalue weighted by atomic mass is 9.87. The van der Waals surface area contributed by atoms with E-state index in [1.54, 1.807) is 33.9 Å². The number of halogens is 1. The lowest BCUT2D eigenvalue weighted by molar-refractivity contribution is -0.161. The first-order chi connectivity index (χ1) is 20.6. The van der Waals surface area contributed by atoms with Gasteiger partial charge in [-0.3, -0.25) is 4.79 Å². The van der Waals surface area contributed by atoms with Crippen LogP contribution in [0.3, 0.4) is 0 Å². The molecule has 7 nitrogen and oxygen atoms in total. The normalized spacial score (nSPS) is 14.0. The first-order valence-corrected chi connectivity index (χ1v) is 15.2. The van der Waals surface area contributed by atoms with E-state index in [0.29, 0.717) is 40.8 Å². The number of allylic oxidation sites excluding steroid dienone is 2. The zero-order chi connectivity index (χ0) is 32.5. The molecule has 0 saturated carbocycles. The molecule has 1 aromatic heterocycles. The van der Waals surface area contributed by atoms with Crippen molar-refractivity contribution in [3.63, 3.8) is 0 Å². The quantitative estimate of drug-likeness (QED) is 0.231. The third-order valence-electron chi connectivity index (χ3n) is 8.06. The summed E-state index contributed by atoms with van der Waals surface area (Å²) in [5.41, 5.74) is 3.07. The van der Waals surface area contributed by atoms with Crippen LogP contribution in [0.4, 0.5) is 4.39 Å². The summed E-state index contributed by atoms with van der Waals surface area (Å²) in [4.78, 5) is 28.9. The van der Waals surface area contributed by atoms with Gasteiger partial charge in [0.15, 0.2) is 17.7 Å². The number of hydrogen-bond donors (Lipinski definition) is 1. The molecular weight excluding hydrogens is 571 g/mol. The molecule has 1 aliphatic heterocycles. The Hall–Kier alpha value is -3.91. The molecule has 4 rings (SSSR count). The molecule has 0 bridgehead atoms. The Kier molecular flexibility index (Phi) is 11.1. The minimum Gasteiger partial charge on any atom is -0.490 e. The lowest BCUT2D eigenvalue weighted by Gasteiger charge is -2.30. The number of aliphatic carboxylic acids is 1. The van der Waals surface area contributed by atoms with Crippen molar-refractivity contribution in [2.75, 3.05) is 20.2 Å². The highest BCUT2D eigenvalue weighted by atomic mass is 19.1. The van der Waals surface area contributed by atoms with Gasteiger partial charge in [-0.1, -0.05) is 46.1 Å². The third kappa shape index (κ3) is 7.50. The molecule has 0 radical (unpaired) electrons. The predicted molar refractivity (Wildman–Crippen MR) is 181 cm³/mol. The van der Waals surface area contributed by atoms with E-state index < -0.39 is 23.5 Å². The number of rotatable bonds is 10. The topological polar surface area (TPSA) is 81.0 Å². The van der Waals surface area contributed by atoms with Crippen molar-refractivity contribution in [1.82, 2.24) is 9.47 Å². The molecule has 0 fully saturated rings. The van der Waals surface area contributed by atoms with Gasteiger partial charge in [-0.2, -0.15) is 0 Å². The van der Waals surface area contributed by atoms with Gasteiger partial charge in [0.1, 0.15) is 0 Å². The molecular formula is C37H49FN2O5. The second kappa shape index (κ2) is 14.0. The van der Waals surface area contributed by atoms with E-state index in [1.807, 2.05) is 38.4 Å². The smallest absolute Gasteiger partial charge is 0.339 e. The maximum atomic E-state index is 15.6. The molecule has 2 heterocycles. The highest BCUT2D eigenvalue weighted by Gasteiger charge is 2.34. The Bertz CT molecular complexity index is 1680. The second-order valence-electron chi connectivity index (χ2n) is 13.1. The average molecular weight is 621 g/mol. The van der Waals surface area contributed by atoms with Crippen LogP contribution in [0.15, 0.2) is 47.9 Å². The van der Waals surface area contributed by atoms with Crippen molar-refractivity contribution in [2.45, 2.75) is 79.9 Å². The average Bonchev–Trinajstić information content (AvgIpc) is 2.96. The standard InChI is InChI=1S/C36H45FN2O5.CH4/c1-10-23(20-38(8)16-15-21(2)3)24-13-14-26-28(18-24)34(40)39(9)31(33(35(41)42)44-36(5,6)7)30(26)27-19-29(37)32-25(22(27)4)12-11-17-43-32;/h10,13-14,18-21,33H,1,11-12,15-17H2,2-9H3,(H,41,42);1H4/b23-20+;/t33-;/m0./s1. The van der Waals surface area contributed by atoms with E-state index in [-0.39, 0.29) is 24.4 Å². The van der Waals surface area contributed by atoms with Crippen LogP contribution in [0, 0.1) is 18.7 Å². The van der Waals surface area contributed by atoms with Gasteiger partial charge in [0.2, 0.25) is 0 Å². The molecule has 1 N–H and O–H groups in total. The van der Waals surface area contributed by atoms with Crippen LogP contribution in [0.1, 0.15) is 83.4 Å². The monoisotopic (exact) mass is 620 g/mol. The Morgan fingerprint density at radius 1 is 1.24 bits per heavy atom. The van der Waals surface area contributed by atoms with Crippen LogP contribution in [0.5, 0.6) is 5.75 Å². The van der Waals surface area contributed by atoms with Crippen LogP contribution in [-0.4, -0.2) is 46.3 Å². The van der Waals surface area contributed by atoms with Crippen molar-refractivity contribution in [3.05, 3.63) is 81.7 Å². The van der Waals surface area contributed by atoms with Gasteiger partial charge in [0, 0.05) is 43.4 Å². The molecule has 8 heteroatoms. The van der Waals surface area contributed by atoms with Gasteiger partial charge >= 0.3 is 5.97 Å². The summed E-state index contributed by atoms with van der Waals surface area (Å²) < 4.78 is 28.7. The first-order valence-electron chi connectivity index (χ1n) is 15.2. The van der Waals surface area contributed by atoms with Crippen molar-refractivity contribution in [2.24, 2.45) is 13.0 Å². The van der Waals surface area contributed by atoms with Crippen LogP contribution < -0.4 is 10.3 Å². The summed E-state index contributed by atoms with van der Waals surface area (Å²) in [5.74, 6) is -0.962. The molecule has 3 aromatic rings. The molecule has 1 atom stereocenters. The second-order valence-corrected chi connectivity index (χ2v) is 13.1. The van der Waals surface area contributed by atoms with Gasteiger partial charge in [-0.25, -0.2) is 9.18 Å². The zero-order valence-electron chi connectivity index (χ0n) is 27.2. The maximum Gasteiger partial charge on any atom is 0.339 e. The van der Waals surface area contributed by atoms with Crippen molar-refractivity contribution < 1.29 is 23.8 Å². The van der Waals surface area contributed by atoms with Crippen LogP contribution in [0.25, 0.3) is 27.5 Å². The van der Waals surface area contributed by atoms with Crippen LogP contribution in [0.2, 0.25) is 0 Å². The minimum atomic E-state index is -1.49. The number of carboxylic acids is 1. The predicted octanol–water partition coefficient (Wildman–Crippen LogP) is 8.06. The first kappa shape index (κ1) is 35.6. The van der Waals surface area contributed by atoms with E-state index in [4.69, 9.17) is 9.47 Å². The maximum absolute atomic E-state index is 15.6. The summed E-state index contributed by atoms with van der Waals surface area (Å²) in [6.45, 7) is 16.9. The molecule has 2 aromatic carbocycles. The van der Waals surface area contributed by atoms with Crippen LogP contribution >= 0.6 is 0 Å². The highest BCUT2D eigenvalue weighted by Crippen LogP contribution is 2.43. The van der Waals surface area contributed by atoms with Crippen molar-refractivity contribution in [1.29, 1.82) is 0 Å².